The molecule has 3 heteroatoms. The molecule has 1 aliphatic heterocycles. The molecule has 1 aliphatic rings. The minimum Gasteiger partial charge on any atom is -0.394 e. The maximum atomic E-state index is 9.15. The third-order valence-electron chi connectivity index (χ3n) is 3.59. The molecule has 1 aromatic carbocycles. The van der Waals surface area contributed by atoms with Crippen molar-refractivity contribution in [2.24, 2.45) is 0 Å². The van der Waals surface area contributed by atoms with Crippen LogP contribution in [0.15, 0.2) is 30.3 Å². The van der Waals surface area contributed by atoms with Gasteiger partial charge in [0.25, 0.3) is 0 Å². The average Bonchev–Trinajstić information content (AvgIpc) is 2.42. The van der Waals surface area contributed by atoms with Crippen molar-refractivity contribution in [2.45, 2.75) is 31.9 Å². The van der Waals surface area contributed by atoms with Crippen molar-refractivity contribution in [3.05, 3.63) is 35.9 Å². The number of ether oxygens (including phenoxy) is 1. The first kappa shape index (κ1) is 13.5. The highest BCUT2D eigenvalue weighted by molar-refractivity contribution is 5.14. The number of morpholine rings is 1. The van der Waals surface area contributed by atoms with Crippen LogP contribution in [0.5, 0.6) is 0 Å². The van der Waals surface area contributed by atoms with E-state index in [9.17, 15) is 0 Å². The Morgan fingerprint density at radius 2 is 2.11 bits per heavy atom. The fourth-order valence-corrected chi connectivity index (χ4v) is 2.43. The molecule has 1 heterocycles. The molecule has 3 nitrogen and oxygen atoms in total. The Balaban J connectivity index is 1.75. The van der Waals surface area contributed by atoms with Crippen molar-refractivity contribution in [2.75, 3.05) is 26.3 Å². The first-order valence-corrected chi connectivity index (χ1v) is 6.80. The molecule has 1 saturated heterocycles. The predicted octanol–water partition coefficient (Wildman–Crippen LogP) is 1.70. The Morgan fingerprint density at radius 3 is 2.83 bits per heavy atom. The van der Waals surface area contributed by atoms with Crippen LogP contribution >= 0.6 is 0 Å². The van der Waals surface area contributed by atoms with Crippen molar-refractivity contribution in [3.63, 3.8) is 0 Å². The summed E-state index contributed by atoms with van der Waals surface area (Å²) in [7, 11) is 0. The van der Waals surface area contributed by atoms with E-state index in [1.807, 2.05) is 0 Å². The molecule has 2 atom stereocenters. The van der Waals surface area contributed by atoms with Crippen LogP contribution in [0.2, 0.25) is 0 Å². The van der Waals surface area contributed by atoms with E-state index >= 15 is 0 Å². The lowest BCUT2D eigenvalue weighted by Crippen LogP contribution is -2.49. The van der Waals surface area contributed by atoms with E-state index in [1.165, 1.54) is 5.56 Å². The largest absolute Gasteiger partial charge is 0.394 e. The van der Waals surface area contributed by atoms with Crippen molar-refractivity contribution in [1.29, 1.82) is 0 Å². The van der Waals surface area contributed by atoms with Crippen LogP contribution in [0.1, 0.15) is 18.9 Å². The predicted molar refractivity (Wildman–Crippen MR) is 72.6 cm³/mol. The topological polar surface area (TPSA) is 32.7 Å². The summed E-state index contributed by atoms with van der Waals surface area (Å²) in [5.41, 5.74) is 1.40. The van der Waals surface area contributed by atoms with Gasteiger partial charge in [-0.2, -0.15) is 0 Å². The van der Waals surface area contributed by atoms with Gasteiger partial charge in [0.2, 0.25) is 0 Å². The molecule has 0 aromatic heterocycles. The fourth-order valence-electron chi connectivity index (χ4n) is 2.43. The van der Waals surface area contributed by atoms with E-state index in [1.54, 1.807) is 0 Å². The van der Waals surface area contributed by atoms with Crippen LogP contribution < -0.4 is 0 Å². The second-order valence-electron chi connectivity index (χ2n) is 5.07. The van der Waals surface area contributed by atoms with Crippen molar-refractivity contribution in [3.8, 4) is 0 Å². The Kier molecular flexibility index (Phi) is 5.17. The highest BCUT2D eigenvalue weighted by atomic mass is 16.5. The lowest BCUT2D eigenvalue weighted by atomic mass is 10.1. The molecule has 1 fully saturated rings. The van der Waals surface area contributed by atoms with Gasteiger partial charge in [-0.1, -0.05) is 30.3 Å². The maximum Gasteiger partial charge on any atom is 0.0933 e. The van der Waals surface area contributed by atoms with E-state index in [0.29, 0.717) is 6.04 Å². The van der Waals surface area contributed by atoms with E-state index in [0.717, 1.165) is 32.5 Å². The van der Waals surface area contributed by atoms with Crippen LogP contribution in [-0.2, 0) is 11.2 Å². The molecule has 0 bridgehead atoms. The lowest BCUT2D eigenvalue weighted by Gasteiger charge is -2.37. The monoisotopic (exact) mass is 249 g/mol. The Morgan fingerprint density at radius 1 is 1.33 bits per heavy atom. The maximum absolute atomic E-state index is 9.15. The van der Waals surface area contributed by atoms with Crippen LogP contribution in [0.4, 0.5) is 0 Å². The van der Waals surface area contributed by atoms with Crippen LogP contribution in [-0.4, -0.2) is 48.5 Å². The summed E-state index contributed by atoms with van der Waals surface area (Å²) in [6, 6.07) is 11.1. The second-order valence-corrected chi connectivity index (χ2v) is 5.07. The fraction of sp³-hybridized carbons (Fsp3) is 0.600. The molecular weight excluding hydrogens is 226 g/mol. The van der Waals surface area contributed by atoms with Gasteiger partial charge in [0.1, 0.15) is 0 Å². The van der Waals surface area contributed by atoms with Gasteiger partial charge < -0.3 is 9.84 Å². The van der Waals surface area contributed by atoms with Gasteiger partial charge in [-0.15, -0.1) is 0 Å². The number of aliphatic hydroxyl groups is 1. The Hall–Kier alpha value is -0.900. The summed E-state index contributed by atoms with van der Waals surface area (Å²) in [6.45, 7) is 4.98. The highest BCUT2D eigenvalue weighted by Crippen LogP contribution is 2.13. The number of benzene rings is 1. The van der Waals surface area contributed by atoms with Gasteiger partial charge in [-0.05, 0) is 31.9 Å². The number of hydrogen-bond donors (Lipinski definition) is 1. The molecule has 18 heavy (non-hydrogen) atoms. The van der Waals surface area contributed by atoms with Crippen LogP contribution in [0.3, 0.4) is 0 Å². The van der Waals surface area contributed by atoms with Gasteiger partial charge in [-0.25, -0.2) is 0 Å². The number of rotatable bonds is 5. The first-order chi connectivity index (χ1) is 8.79. The molecule has 2 unspecified atom stereocenters. The number of aryl methyl sites for hydroxylation is 1. The number of hydrogen-bond acceptors (Lipinski definition) is 3. The number of aliphatic hydroxyl groups excluding tert-OH is 1. The quantitative estimate of drug-likeness (QED) is 0.862. The molecule has 1 aromatic rings. The van der Waals surface area contributed by atoms with E-state index in [4.69, 9.17) is 9.84 Å². The smallest absolute Gasteiger partial charge is 0.0933 e. The molecule has 2 rings (SSSR count). The van der Waals surface area contributed by atoms with Crippen LogP contribution in [0.25, 0.3) is 0 Å². The van der Waals surface area contributed by atoms with Gasteiger partial charge in [0, 0.05) is 12.6 Å². The minimum absolute atomic E-state index is 0.00192. The highest BCUT2D eigenvalue weighted by Gasteiger charge is 2.24. The van der Waals surface area contributed by atoms with Crippen molar-refractivity contribution < 1.29 is 9.84 Å². The molecular formula is C15H23NO2. The SMILES string of the molecule is CC1COC(CO)CN1CCCc1ccccc1. The third kappa shape index (κ3) is 3.80. The summed E-state index contributed by atoms with van der Waals surface area (Å²) < 4.78 is 5.54. The molecule has 0 amide bonds. The zero-order valence-electron chi connectivity index (χ0n) is 11.1. The molecule has 0 radical (unpaired) electrons. The zero-order valence-corrected chi connectivity index (χ0v) is 11.1. The molecule has 0 spiro atoms. The molecule has 100 valence electrons. The second kappa shape index (κ2) is 6.88. The van der Waals surface area contributed by atoms with E-state index in [2.05, 4.69) is 42.2 Å². The number of nitrogens with zero attached hydrogens (tertiary/aromatic N) is 1. The standard InChI is InChI=1S/C15H23NO2/c1-13-12-18-15(11-17)10-16(13)9-5-8-14-6-3-2-4-7-14/h2-4,6-7,13,15,17H,5,8-12H2,1H3. The summed E-state index contributed by atoms with van der Waals surface area (Å²) in [6.07, 6.45) is 2.28. The average molecular weight is 249 g/mol. The summed E-state index contributed by atoms with van der Waals surface area (Å²) in [4.78, 5) is 2.42. The van der Waals surface area contributed by atoms with Crippen LogP contribution in [0, 0.1) is 0 Å². The first-order valence-electron chi connectivity index (χ1n) is 6.80. The van der Waals surface area contributed by atoms with E-state index < -0.39 is 0 Å². The van der Waals surface area contributed by atoms with E-state index in [-0.39, 0.29) is 12.7 Å². The summed E-state index contributed by atoms with van der Waals surface area (Å²) in [5.74, 6) is 0. The van der Waals surface area contributed by atoms with Gasteiger partial charge in [-0.3, -0.25) is 4.90 Å². The summed E-state index contributed by atoms with van der Waals surface area (Å²) in [5, 5.41) is 9.15. The Bertz CT molecular complexity index is 342. The van der Waals surface area contributed by atoms with Gasteiger partial charge in [0.15, 0.2) is 0 Å². The lowest BCUT2D eigenvalue weighted by molar-refractivity contribution is -0.0778. The zero-order chi connectivity index (χ0) is 12.8. The molecule has 1 N–H and O–H groups in total. The third-order valence-corrected chi connectivity index (χ3v) is 3.59. The van der Waals surface area contributed by atoms with Gasteiger partial charge in [0.05, 0.1) is 19.3 Å². The van der Waals surface area contributed by atoms with Gasteiger partial charge >= 0.3 is 0 Å². The molecule has 0 aliphatic carbocycles. The van der Waals surface area contributed by atoms with Crippen molar-refractivity contribution in [1.82, 2.24) is 4.90 Å². The Labute approximate surface area is 109 Å². The van der Waals surface area contributed by atoms with Crippen molar-refractivity contribution >= 4 is 0 Å². The molecule has 0 saturated carbocycles. The summed E-state index contributed by atoms with van der Waals surface area (Å²) >= 11 is 0. The minimum atomic E-state index is -0.00192. The normalized spacial score (nSPS) is 25.2.